The van der Waals surface area contributed by atoms with Gasteiger partial charge in [0.05, 0.1) is 5.75 Å². The summed E-state index contributed by atoms with van der Waals surface area (Å²) in [7, 11) is -3.11. The van der Waals surface area contributed by atoms with Gasteiger partial charge < -0.3 is 10.4 Å². The Balaban J connectivity index is 1.89. The van der Waals surface area contributed by atoms with E-state index in [1.165, 1.54) is 0 Å². The van der Waals surface area contributed by atoms with Crippen molar-refractivity contribution in [2.24, 2.45) is 11.3 Å². The molecule has 0 aromatic carbocycles. The van der Waals surface area contributed by atoms with Crippen LogP contribution in [0.1, 0.15) is 32.1 Å². The highest BCUT2D eigenvalue weighted by Gasteiger charge is 2.47. The van der Waals surface area contributed by atoms with Gasteiger partial charge >= 0.3 is 5.97 Å². The van der Waals surface area contributed by atoms with Gasteiger partial charge in [-0.15, -0.1) is 0 Å². The summed E-state index contributed by atoms with van der Waals surface area (Å²) in [6.45, 7) is 0. The maximum Gasteiger partial charge on any atom is 0.326 e. The highest BCUT2D eigenvalue weighted by atomic mass is 32.2. The van der Waals surface area contributed by atoms with Crippen LogP contribution in [-0.4, -0.2) is 43.5 Å². The smallest absolute Gasteiger partial charge is 0.326 e. The quantitative estimate of drug-likeness (QED) is 0.696. The average Bonchev–Trinajstić information content (AvgIpc) is 3.07. The normalized spacial score (nSPS) is 22.6. The lowest BCUT2D eigenvalue weighted by atomic mass is 10.0. The van der Waals surface area contributed by atoms with Crippen molar-refractivity contribution in [2.75, 3.05) is 12.0 Å². The zero-order valence-electron chi connectivity index (χ0n) is 10.9. The molecule has 0 aromatic heterocycles. The second-order valence-corrected chi connectivity index (χ2v) is 8.11. The lowest BCUT2D eigenvalue weighted by molar-refractivity contribution is -0.142. The molecule has 19 heavy (non-hydrogen) atoms. The molecule has 0 aliphatic heterocycles. The molecule has 0 aromatic rings. The first-order valence-corrected chi connectivity index (χ1v) is 8.47. The third-order valence-electron chi connectivity index (χ3n) is 3.74. The molecule has 7 heteroatoms. The summed E-state index contributed by atoms with van der Waals surface area (Å²) in [5.74, 6) is -1.31. The van der Waals surface area contributed by atoms with Gasteiger partial charge in [-0.3, -0.25) is 4.79 Å². The number of rotatable bonds is 7. The molecule has 1 unspecified atom stereocenters. The molecule has 0 spiro atoms. The van der Waals surface area contributed by atoms with Crippen molar-refractivity contribution in [3.05, 3.63) is 0 Å². The Hall–Kier alpha value is -1.11. The van der Waals surface area contributed by atoms with Crippen molar-refractivity contribution in [2.45, 2.75) is 38.1 Å². The first kappa shape index (κ1) is 14.3. The largest absolute Gasteiger partial charge is 0.480 e. The number of hydrogen-bond donors (Lipinski definition) is 2. The van der Waals surface area contributed by atoms with E-state index in [0.29, 0.717) is 12.8 Å². The molecule has 2 saturated carbocycles. The lowest BCUT2D eigenvalue weighted by Crippen LogP contribution is -2.43. The Labute approximate surface area is 112 Å². The fourth-order valence-corrected chi connectivity index (χ4v) is 3.98. The summed E-state index contributed by atoms with van der Waals surface area (Å²) in [5, 5.41) is 11.5. The second-order valence-electron chi connectivity index (χ2n) is 5.97. The van der Waals surface area contributed by atoms with Crippen molar-refractivity contribution in [1.82, 2.24) is 5.32 Å². The van der Waals surface area contributed by atoms with Gasteiger partial charge in [-0.05, 0) is 37.0 Å². The number of nitrogens with one attached hydrogen (secondary N) is 1. The van der Waals surface area contributed by atoms with Crippen LogP contribution in [0.25, 0.3) is 0 Å². The molecule has 2 aliphatic carbocycles. The molecule has 6 nitrogen and oxygen atoms in total. The van der Waals surface area contributed by atoms with Crippen LogP contribution >= 0.6 is 0 Å². The molecule has 2 aliphatic rings. The molecule has 1 amide bonds. The van der Waals surface area contributed by atoms with E-state index < -0.39 is 27.3 Å². The number of sulfone groups is 1. The summed E-state index contributed by atoms with van der Waals surface area (Å²) in [6, 6.07) is -0.818. The Morgan fingerprint density at radius 3 is 2.32 bits per heavy atom. The molecule has 0 bridgehead atoms. The van der Waals surface area contributed by atoms with Crippen molar-refractivity contribution < 1.29 is 23.1 Å². The Kier molecular flexibility index (Phi) is 3.59. The minimum absolute atomic E-state index is 0.00852. The van der Waals surface area contributed by atoms with Crippen LogP contribution in [0, 0.1) is 11.3 Å². The zero-order chi connectivity index (χ0) is 14.3. The van der Waals surface area contributed by atoms with Gasteiger partial charge in [-0.25, -0.2) is 13.2 Å². The van der Waals surface area contributed by atoms with Crippen molar-refractivity contribution in [1.29, 1.82) is 0 Å². The minimum Gasteiger partial charge on any atom is -0.480 e. The van der Waals surface area contributed by atoms with Crippen molar-refractivity contribution in [3.8, 4) is 0 Å². The molecule has 108 valence electrons. The number of hydrogen-bond acceptors (Lipinski definition) is 4. The summed E-state index contributed by atoms with van der Waals surface area (Å²) in [4.78, 5) is 22.9. The number of carboxylic acids is 1. The number of carbonyl (C=O) groups excluding carboxylic acids is 1. The van der Waals surface area contributed by atoms with Crippen LogP contribution in [0.3, 0.4) is 0 Å². The molecule has 0 saturated heterocycles. The van der Waals surface area contributed by atoms with E-state index in [2.05, 4.69) is 5.32 Å². The van der Waals surface area contributed by atoms with E-state index in [1.54, 1.807) is 0 Å². The third-order valence-corrected chi connectivity index (χ3v) is 4.87. The molecule has 2 rings (SSSR count). The highest BCUT2D eigenvalue weighted by Crippen LogP contribution is 2.49. The van der Waals surface area contributed by atoms with Crippen LogP contribution in [0.2, 0.25) is 0 Å². The topological polar surface area (TPSA) is 101 Å². The molecular formula is C12H19NO5S. The lowest BCUT2D eigenvalue weighted by Gasteiger charge is -2.17. The molecule has 2 N–H and O–H groups in total. The first-order chi connectivity index (χ1) is 8.71. The van der Waals surface area contributed by atoms with E-state index >= 15 is 0 Å². The number of carbonyl (C=O) groups is 2. The van der Waals surface area contributed by atoms with E-state index in [9.17, 15) is 18.0 Å². The Bertz CT molecular complexity index is 490. The summed E-state index contributed by atoms with van der Waals surface area (Å²) < 4.78 is 22.6. The SMILES string of the molecule is CS(=O)(=O)CC1(CC(=O)NC(C(=O)O)C2CC2)CC1. The molecule has 1 atom stereocenters. The second kappa shape index (κ2) is 4.77. The van der Waals surface area contributed by atoms with E-state index in [1.807, 2.05) is 0 Å². The molecule has 0 heterocycles. The van der Waals surface area contributed by atoms with Gasteiger partial charge in [-0.2, -0.15) is 0 Å². The number of carboxylic acid groups (broad SMARTS) is 1. The maximum absolute atomic E-state index is 11.9. The third kappa shape index (κ3) is 4.19. The molecular weight excluding hydrogens is 270 g/mol. The fourth-order valence-electron chi connectivity index (χ4n) is 2.48. The Morgan fingerprint density at radius 2 is 1.95 bits per heavy atom. The molecule has 0 radical (unpaired) electrons. The molecule has 2 fully saturated rings. The standard InChI is InChI=1S/C12H19NO5S/c1-19(17,18)7-12(4-5-12)6-9(14)13-10(11(15)16)8-2-3-8/h8,10H,2-7H2,1H3,(H,13,14)(H,15,16). The summed E-state index contributed by atoms with van der Waals surface area (Å²) in [5.41, 5.74) is -0.454. The number of amides is 1. The summed E-state index contributed by atoms with van der Waals surface area (Å²) >= 11 is 0. The van der Waals surface area contributed by atoms with Gasteiger partial charge in [0.25, 0.3) is 0 Å². The summed E-state index contributed by atoms with van der Waals surface area (Å²) in [6.07, 6.45) is 4.35. The van der Waals surface area contributed by atoms with E-state index in [-0.39, 0.29) is 24.0 Å². The highest BCUT2D eigenvalue weighted by molar-refractivity contribution is 7.90. The Morgan fingerprint density at radius 1 is 1.37 bits per heavy atom. The maximum atomic E-state index is 11.9. The fraction of sp³-hybridized carbons (Fsp3) is 0.833. The van der Waals surface area contributed by atoms with Gasteiger partial charge in [0.15, 0.2) is 0 Å². The van der Waals surface area contributed by atoms with Crippen LogP contribution in [0.15, 0.2) is 0 Å². The van der Waals surface area contributed by atoms with Crippen LogP contribution < -0.4 is 5.32 Å². The van der Waals surface area contributed by atoms with Crippen molar-refractivity contribution >= 4 is 21.7 Å². The monoisotopic (exact) mass is 289 g/mol. The van der Waals surface area contributed by atoms with Gasteiger partial charge in [0.2, 0.25) is 5.91 Å². The van der Waals surface area contributed by atoms with Gasteiger partial charge in [0, 0.05) is 12.7 Å². The van der Waals surface area contributed by atoms with E-state index in [4.69, 9.17) is 5.11 Å². The predicted octanol–water partition coefficient (Wildman–Crippen LogP) is 0.181. The van der Waals surface area contributed by atoms with Crippen LogP contribution in [0.5, 0.6) is 0 Å². The number of aliphatic carboxylic acids is 1. The van der Waals surface area contributed by atoms with Crippen molar-refractivity contribution in [3.63, 3.8) is 0 Å². The first-order valence-electron chi connectivity index (χ1n) is 6.41. The zero-order valence-corrected chi connectivity index (χ0v) is 11.7. The average molecular weight is 289 g/mol. The predicted molar refractivity (Wildman–Crippen MR) is 68.3 cm³/mol. The minimum atomic E-state index is -3.11. The van der Waals surface area contributed by atoms with E-state index in [0.717, 1.165) is 19.1 Å². The van der Waals surface area contributed by atoms with Crippen LogP contribution in [-0.2, 0) is 19.4 Å². The van der Waals surface area contributed by atoms with Crippen LogP contribution in [0.4, 0.5) is 0 Å². The van der Waals surface area contributed by atoms with Gasteiger partial charge in [-0.1, -0.05) is 0 Å². The van der Waals surface area contributed by atoms with Gasteiger partial charge in [0.1, 0.15) is 15.9 Å².